The molecule has 0 aliphatic heterocycles. The largest absolute Gasteiger partial charge is 0.478 e. The van der Waals surface area contributed by atoms with E-state index in [1.54, 1.807) is 39.0 Å². The molecule has 1 amide bonds. The molecule has 0 unspecified atom stereocenters. The van der Waals surface area contributed by atoms with Gasteiger partial charge in [0.1, 0.15) is 11.2 Å². The van der Waals surface area contributed by atoms with E-state index in [2.05, 4.69) is 15.5 Å². The van der Waals surface area contributed by atoms with E-state index in [9.17, 15) is 9.59 Å². The fourth-order valence-electron chi connectivity index (χ4n) is 1.86. The highest BCUT2D eigenvalue weighted by Crippen LogP contribution is 2.30. The number of carboxylic acids is 1. The van der Waals surface area contributed by atoms with Gasteiger partial charge in [-0.3, -0.25) is 10.4 Å². The van der Waals surface area contributed by atoms with Crippen LogP contribution in [0.25, 0.3) is 11.3 Å². The van der Waals surface area contributed by atoms with E-state index in [0.717, 1.165) is 0 Å². The van der Waals surface area contributed by atoms with E-state index in [4.69, 9.17) is 21.4 Å². The van der Waals surface area contributed by atoms with Gasteiger partial charge in [0, 0.05) is 5.56 Å². The third-order valence-electron chi connectivity index (χ3n) is 2.76. The predicted molar refractivity (Wildman–Crippen MR) is 85.8 cm³/mol. The minimum Gasteiger partial charge on any atom is -0.478 e. The number of carboxylic acid groups (broad SMARTS) is 1. The van der Waals surface area contributed by atoms with Crippen LogP contribution in [0.2, 0.25) is 5.02 Å². The van der Waals surface area contributed by atoms with Gasteiger partial charge in [-0.25, -0.2) is 9.59 Å². The molecule has 0 atom stereocenters. The van der Waals surface area contributed by atoms with Gasteiger partial charge < -0.3 is 9.84 Å². The van der Waals surface area contributed by atoms with Crippen LogP contribution in [0.1, 0.15) is 31.1 Å². The summed E-state index contributed by atoms with van der Waals surface area (Å²) in [5.74, 6) is -1.11. The normalized spacial score (nSPS) is 11.1. The number of aromatic nitrogens is 2. The van der Waals surface area contributed by atoms with E-state index < -0.39 is 17.7 Å². The first-order valence-corrected chi connectivity index (χ1v) is 7.12. The molecule has 1 aromatic carbocycles. The standard InChI is InChI=1S/C15H16ClN3O4/c1-15(2,3)23-14(22)18-11-6-8(4-5-10(11)16)12-9(13(20)21)7-17-19-12/h4-7H,1-3H3,(H,17,19)(H,18,22)(H,20,21). The molecule has 3 N–H and O–H groups in total. The zero-order valence-corrected chi connectivity index (χ0v) is 13.6. The Morgan fingerprint density at radius 1 is 1.35 bits per heavy atom. The Balaban J connectivity index is 2.31. The van der Waals surface area contributed by atoms with Crippen LogP contribution in [0.5, 0.6) is 0 Å². The highest BCUT2D eigenvalue weighted by Gasteiger charge is 2.19. The summed E-state index contributed by atoms with van der Waals surface area (Å²) in [6, 6.07) is 4.73. The molecule has 0 bridgehead atoms. The van der Waals surface area contributed by atoms with Crippen molar-refractivity contribution in [1.29, 1.82) is 0 Å². The first-order valence-electron chi connectivity index (χ1n) is 6.74. The smallest absolute Gasteiger partial charge is 0.412 e. The Bertz CT molecular complexity index is 749. The third kappa shape index (κ3) is 4.23. The van der Waals surface area contributed by atoms with Crippen molar-refractivity contribution >= 4 is 29.4 Å². The maximum Gasteiger partial charge on any atom is 0.412 e. The Kier molecular flexibility index (Phi) is 4.60. The van der Waals surface area contributed by atoms with Gasteiger partial charge in [-0.15, -0.1) is 0 Å². The summed E-state index contributed by atoms with van der Waals surface area (Å²) in [5, 5.41) is 18.3. The fourth-order valence-corrected chi connectivity index (χ4v) is 2.02. The second kappa shape index (κ2) is 6.29. The van der Waals surface area contributed by atoms with Crippen molar-refractivity contribution in [3.8, 4) is 11.3 Å². The maximum absolute atomic E-state index is 11.8. The van der Waals surface area contributed by atoms with Crippen LogP contribution in [-0.4, -0.2) is 33.0 Å². The summed E-state index contributed by atoms with van der Waals surface area (Å²) < 4.78 is 5.17. The van der Waals surface area contributed by atoms with E-state index in [-0.39, 0.29) is 5.56 Å². The second-order valence-corrected chi connectivity index (χ2v) is 6.19. The van der Waals surface area contributed by atoms with Gasteiger partial charge in [0.2, 0.25) is 0 Å². The zero-order valence-electron chi connectivity index (χ0n) is 12.8. The SMILES string of the molecule is CC(C)(C)OC(=O)Nc1cc(-c2[nH]ncc2C(=O)O)ccc1Cl. The van der Waals surface area contributed by atoms with Gasteiger partial charge in [-0.05, 0) is 32.9 Å². The van der Waals surface area contributed by atoms with Crippen LogP contribution in [0.15, 0.2) is 24.4 Å². The van der Waals surface area contributed by atoms with Crippen LogP contribution in [-0.2, 0) is 4.74 Å². The van der Waals surface area contributed by atoms with Crippen molar-refractivity contribution in [3.05, 3.63) is 35.0 Å². The molecule has 122 valence electrons. The Morgan fingerprint density at radius 3 is 2.65 bits per heavy atom. The van der Waals surface area contributed by atoms with Crippen LogP contribution in [0.4, 0.5) is 10.5 Å². The lowest BCUT2D eigenvalue weighted by Gasteiger charge is -2.20. The fraction of sp³-hybridized carbons (Fsp3) is 0.267. The van der Waals surface area contributed by atoms with Crippen molar-refractivity contribution in [3.63, 3.8) is 0 Å². The lowest BCUT2D eigenvalue weighted by molar-refractivity contribution is 0.0634. The molecule has 0 radical (unpaired) electrons. The first kappa shape index (κ1) is 16.8. The van der Waals surface area contributed by atoms with E-state index in [0.29, 0.717) is 22.0 Å². The molecule has 0 saturated carbocycles. The number of anilines is 1. The van der Waals surface area contributed by atoms with Gasteiger partial charge in [0.05, 0.1) is 22.6 Å². The molecule has 0 fully saturated rings. The van der Waals surface area contributed by atoms with Crippen LogP contribution < -0.4 is 5.32 Å². The van der Waals surface area contributed by atoms with E-state index in [1.807, 2.05) is 0 Å². The highest BCUT2D eigenvalue weighted by molar-refractivity contribution is 6.33. The molecular weight excluding hydrogens is 322 g/mol. The van der Waals surface area contributed by atoms with Crippen molar-refractivity contribution < 1.29 is 19.4 Å². The number of H-pyrrole nitrogens is 1. The Labute approximate surface area is 137 Å². The lowest BCUT2D eigenvalue weighted by atomic mass is 10.1. The zero-order chi connectivity index (χ0) is 17.2. The van der Waals surface area contributed by atoms with Crippen molar-refractivity contribution in [2.75, 3.05) is 5.32 Å². The average molecular weight is 338 g/mol. The van der Waals surface area contributed by atoms with Crippen LogP contribution in [0.3, 0.4) is 0 Å². The van der Waals surface area contributed by atoms with E-state index in [1.165, 1.54) is 6.20 Å². The quantitative estimate of drug-likeness (QED) is 0.790. The minimum atomic E-state index is -1.11. The Morgan fingerprint density at radius 2 is 2.04 bits per heavy atom. The predicted octanol–water partition coefficient (Wildman–Crippen LogP) is 3.78. The number of aromatic amines is 1. The number of rotatable bonds is 3. The summed E-state index contributed by atoms with van der Waals surface area (Å²) in [6.45, 7) is 5.23. The number of halogens is 1. The summed E-state index contributed by atoms with van der Waals surface area (Å²) in [4.78, 5) is 23.0. The molecule has 23 heavy (non-hydrogen) atoms. The molecular formula is C15H16ClN3O4. The second-order valence-electron chi connectivity index (χ2n) is 5.79. The lowest BCUT2D eigenvalue weighted by Crippen LogP contribution is -2.27. The molecule has 0 aliphatic rings. The number of amides is 1. The monoisotopic (exact) mass is 337 g/mol. The summed E-state index contributed by atoms with van der Waals surface area (Å²) in [5.41, 5.74) is 0.533. The molecule has 2 aromatic rings. The molecule has 0 aliphatic carbocycles. The highest BCUT2D eigenvalue weighted by atomic mass is 35.5. The number of benzene rings is 1. The third-order valence-corrected chi connectivity index (χ3v) is 3.09. The number of hydrogen-bond acceptors (Lipinski definition) is 4. The number of aromatic carboxylic acids is 1. The number of ether oxygens (including phenoxy) is 1. The minimum absolute atomic E-state index is 0.0236. The average Bonchev–Trinajstić information content (AvgIpc) is 2.88. The van der Waals surface area contributed by atoms with Gasteiger partial charge in [-0.1, -0.05) is 17.7 Å². The molecule has 7 nitrogen and oxygen atoms in total. The summed E-state index contributed by atoms with van der Waals surface area (Å²) in [7, 11) is 0. The van der Waals surface area contributed by atoms with Crippen LogP contribution in [0, 0.1) is 0 Å². The molecule has 0 saturated heterocycles. The maximum atomic E-state index is 11.8. The van der Waals surface area contributed by atoms with Gasteiger partial charge in [0.15, 0.2) is 0 Å². The Hall–Kier alpha value is -2.54. The van der Waals surface area contributed by atoms with Crippen molar-refractivity contribution in [2.45, 2.75) is 26.4 Å². The van der Waals surface area contributed by atoms with Gasteiger partial charge in [0.25, 0.3) is 0 Å². The molecule has 0 spiro atoms. The molecule has 8 heteroatoms. The number of nitrogens with one attached hydrogen (secondary N) is 2. The topological polar surface area (TPSA) is 104 Å². The van der Waals surface area contributed by atoms with Crippen molar-refractivity contribution in [2.24, 2.45) is 0 Å². The first-order chi connectivity index (χ1) is 10.7. The summed E-state index contributed by atoms with van der Waals surface area (Å²) >= 11 is 6.06. The number of nitrogens with zero attached hydrogens (tertiary/aromatic N) is 1. The van der Waals surface area contributed by atoms with Gasteiger partial charge in [-0.2, -0.15) is 5.10 Å². The molecule has 1 aromatic heterocycles. The van der Waals surface area contributed by atoms with E-state index >= 15 is 0 Å². The van der Waals surface area contributed by atoms with Gasteiger partial charge >= 0.3 is 12.1 Å². The summed E-state index contributed by atoms with van der Waals surface area (Å²) in [6.07, 6.45) is 0.562. The number of carbonyl (C=O) groups excluding carboxylic acids is 1. The number of carbonyl (C=O) groups is 2. The molecule has 2 rings (SSSR count). The molecule has 1 heterocycles. The number of hydrogen-bond donors (Lipinski definition) is 3. The van der Waals surface area contributed by atoms with Crippen molar-refractivity contribution in [1.82, 2.24) is 10.2 Å². The van der Waals surface area contributed by atoms with Crippen LogP contribution >= 0.6 is 11.6 Å².